The van der Waals surface area contributed by atoms with Gasteiger partial charge in [-0.25, -0.2) is 0 Å². The van der Waals surface area contributed by atoms with Gasteiger partial charge in [-0.1, -0.05) is 19.8 Å². The fourth-order valence-corrected chi connectivity index (χ4v) is 4.68. The molecule has 5 N–H and O–H groups in total. The fourth-order valence-electron chi connectivity index (χ4n) is 2.73. The van der Waals surface area contributed by atoms with Gasteiger partial charge in [0.25, 0.3) is 5.91 Å². The monoisotopic (exact) mass is 313 g/mol. The maximum Gasteiger partial charge on any atom is 0.261 e. The largest absolute Gasteiger partial charge is 0.396 e. The summed E-state index contributed by atoms with van der Waals surface area (Å²) in [5.74, 6) is 0.377. The molecule has 1 aliphatic rings. The van der Waals surface area contributed by atoms with Crippen molar-refractivity contribution < 1.29 is 4.79 Å². The second-order valence-corrected chi connectivity index (χ2v) is 7.36. The van der Waals surface area contributed by atoms with E-state index in [1.807, 2.05) is 6.26 Å². The Morgan fingerprint density at radius 2 is 2.10 bits per heavy atom. The number of rotatable bonds is 4. The summed E-state index contributed by atoms with van der Waals surface area (Å²) in [6.45, 7) is 2.32. The van der Waals surface area contributed by atoms with Gasteiger partial charge in [-0.3, -0.25) is 4.79 Å². The van der Waals surface area contributed by atoms with Crippen LogP contribution in [0.1, 0.15) is 48.7 Å². The van der Waals surface area contributed by atoms with Crippen LogP contribution in [0, 0.1) is 5.92 Å². The SMILES string of the molecule is CSc1c(NC2CCCC(C)CC2)sc(C(N)=O)c1N. The molecule has 0 bridgehead atoms. The minimum Gasteiger partial charge on any atom is -0.396 e. The van der Waals surface area contributed by atoms with Gasteiger partial charge in [-0.15, -0.1) is 23.1 Å². The number of thioether (sulfide) groups is 1. The number of carbonyl (C=O) groups is 1. The van der Waals surface area contributed by atoms with Crippen LogP contribution in [0.5, 0.6) is 0 Å². The molecule has 112 valence electrons. The Hall–Kier alpha value is -0.880. The molecule has 6 heteroatoms. The van der Waals surface area contributed by atoms with Gasteiger partial charge in [0, 0.05) is 6.04 Å². The second kappa shape index (κ2) is 6.72. The first-order valence-electron chi connectivity index (χ1n) is 7.05. The van der Waals surface area contributed by atoms with E-state index in [4.69, 9.17) is 11.5 Å². The van der Waals surface area contributed by atoms with Gasteiger partial charge in [0.05, 0.1) is 10.6 Å². The minimum absolute atomic E-state index is 0.440. The maximum atomic E-state index is 11.4. The van der Waals surface area contributed by atoms with Crippen molar-refractivity contribution in [2.75, 3.05) is 17.3 Å². The molecule has 4 nitrogen and oxygen atoms in total. The molecule has 1 aromatic heterocycles. The highest BCUT2D eigenvalue weighted by Gasteiger charge is 2.22. The molecular weight excluding hydrogens is 290 g/mol. The number of nitrogens with two attached hydrogens (primary N) is 2. The van der Waals surface area contributed by atoms with Crippen molar-refractivity contribution in [3.05, 3.63) is 4.88 Å². The molecule has 1 fully saturated rings. The molecule has 2 unspecified atom stereocenters. The molecule has 1 amide bonds. The summed E-state index contributed by atoms with van der Waals surface area (Å²) < 4.78 is 0. The van der Waals surface area contributed by atoms with Crippen molar-refractivity contribution in [2.24, 2.45) is 11.7 Å². The van der Waals surface area contributed by atoms with Crippen LogP contribution < -0.4 is 16.8 Å². The van der Waals surface area contributed by atoms with Crippen molar-refractivity contribution in [3.63, 3.8) is 0 Å². The molecule has 1 heterocycles. The predicted octanol–water partition coefficient (Wildman–Crippen LogP) is 3.53. The third-order valence-corrected chi connectivity index (χ3v) is 6.03. The lowest BCUT2D eigenvalue weighted by Crippen LogP contribution is -2.18. The van der Waals surface area contributed by atoms with E-state index in [0.717, 1.165) is 15.8 Å². The second-order valence-electron chi connectivity index (χ2n) is 5.53. The Balaban J connectivity index is 2.16. The van der Waals surface area contributed by atoms with Crippen molar-refractivity contribution in [1.29, 1.82) is 0 Å². The molecule has 20 heavy (non-hydrogen) atoms. The van der Waals surface area contributed by atoms with Crippen LogP contribution in [-0.4, -0.2) is 18.2 Å². The van der Waals surface area contributed by atoms with Crippen LogP contribution in [0.15, 0.2) is 4.90 Å². The molecule has 1 aliphatic carbocycles. The molecule has 0 saturated heterocycles. The first-order valence-corrected chi connectivity index (χ1v) is 9.09. The summed E-state index contributed by atoms with van der Waals surface area (Å²) in [7, 11) is 0. The van der Waals surface area contributed by atoms with E-state index < -0.39 is 5.91 Å². The number of thiophene rings is 1. The van der Waals surface area contributed by atoms with Gasteiger partial charge < -0.3 is 16.8 Å². The summed E-state index contributed by atoms with van der Waals surface area (Å²) in [5, 5.41) is 4.59. The van der Waals surface area contributed by atoms with Crippen LogP contribution in [-0.2, 0) is 0 Å². The number of anilines is 2. The van der Waals surface area contributed by atoms with E-state index in [0.29, 0.717) is 16.6 Å². The number of nitrogens with one attached hydrogen (secondary N) is 1. The zero-order valence-electron chi connectivity index (χ0n) is 12.1. The van der Waals surface area contributed by atoms with Crippen LogP contribution in [0.2, 0.25) is 0 Å². The van der Waals surface area contributed by atoms with E-state index in [9.17, 15) is 4.79 Å². The van der Waals surface area contributed by atoms with Gasteiger partial charge >= 0.3 is 0 Å². The summed E-state index contributed by atoms with van der Waals surface area (Å²) in [6.07, 6.45) is 8.17. The predicted molar refractivity (Wildman–Crippen MR) is 88.7 cm³/mol. The molecule has 2 rings (SSSR count). The van der Waals surface area contributed by atoms with E-state index in [-0.39, 0.29) is 0 Å². The van der Waals surface area contributed by atoms with E-state index in [1.165, 1.54) is 43.4 Å². The quantitative estimate of drug-likeness (QED) is 0.586. The molecule has 1 saturated carbocycles. The zero-order valence-corrected chi connectivity index (χ0v) is 13.7. The lowest BCUT2D eigenvalue weighted by molar-refractivity contribution is 0.100. The Bertz CT molecular complexity index is 487. The number of hydrogen-bond donors (Lipinski definition) is 3. The van der Waals surface area contributed by atoms with Crippen molar-refractivity contribution in [2.45, 2.75) is 50.0 Å². The van der Waals surface area contributed by atoms with Crippen molar-refractivity contribution >= 4 is 39.7 Å². The standard InChI is InChI=1S/C14H23N3OS2/c1-8-4-3-5-9(7-6-8)17-14-12(19-2)10(15)11(20-14)13(16)18/h8-9,17H,3-7,15H2,1-2H3,(H2,16,18). The van der Waals surface area contributed by atoms with Gasteiger partial charge in [-0.05, 0) is 31.4 Å². The molecule has 0 radical (unpaired) electrons. The van der Waals surface area contributed by atoms with Crippen molar-refractivity contribution in [3.8, 4) is 0 Å². The number of carbonyl (C=O) groups excluding carboxylic acids is 1. The molecule has 0 aromatic carbocycles. The summed E-state index contributed by atoms with van der Waals surface area (Å²) in [4.78, 5) is 12.8. The van der Waals surface area contributed by atoms with Crippen molar-refractivity contribution in [1.82, 2.24) is 0 Å². The smallest absolute Gasteiger partial charge is 0.261 e. The molecular formula is C14H23N3OS2. The average Bonchev–Trinajstić information content (AvgIpc) is 2.56. The summed E-state index contributed by atoms with van der Waals surface area (Å²) >= 11 is 2.96. The Kier molecular flexibility index (Phi) is 5.21. The van der Waals surface area contributed by atoms with E-state index >= 15 is 0 Å². The van der Waals surface area contributed by atoms with Crippen LogP contribution in [0.25, 0.3) is 0 Å². The van der Waals surface area contributed by atoms with E-state index in [1.54, 1.807) is 11.8 Å². The molecule has 0 spiro atoms. The summed E-state index contributed by atoms with van der Waals surface area (Å²) in [5.41, 5.74) is 11.9. The van der Waals surface area contributed by atoms with Crippen LogP contribution in [0.3, 0.4) is 0 Å². The highest BCUT2D eigenvalue weighted by molar-refractivity contribution is 7.99. The number of amides is 1. The molecule has 2 atom stereocenters. The van der Waals surface area contributed by atoms with Crippen LogP contribution >= 0.6 is 23.1 Å². The lowest BCUT2D eigenvalue weighted by Gasteiger charge is -2.17. The lowest BCUT2D eigenvalue weighted by atomic mass is 10.0. The first kappa shape index (κ1) is 15.5. The first-order chi connectivity index (χ1) is 9.52. The third-order valence-electron chi connectivity index (χ3n) is 3.92. The van der Waals surface area contributed by atoms with Gasteiger partial charge in [0.1, 0.15) is 9.88 Å². The highest BCUT2D eigenvalue weighted by atomic mass is 32.2. The Morgan fingerprint density at radius 1 is 1.35 bits per heavy atom. The number of nitrogen functional groups attached to an aromatic ring is 1. The Morgan fingerprint density at radius 3 is 2.75 bits per heavy atom. The number of primary amides is 1. The van der Waals surface area contributed by atoms with Crippen LogP contribution in [0.4, 0.5) is 10.7 Å². The van der Waals surface area contributed by atoms with Gasteiger partial charge in [0.2, 0.25) is 0 Å². The number of hydrogen-bond acceptors (Lipinski definition) is 5. The maximum absolute atomic E-state index is 11.4. The van der Waals surface area contributed by atoms with Gasteiger partial charge in [0.15, 0.2) is 0 Å². The molecule has 0 aliphatic heterocycles. The highest BCUT2D eigenvalue weighted by Crippen LogP contribution is 2.42. The third kappa shape index (κ3) is 3.41. The minimum atomic E-state index is -0.440. The summed E-state index contributed by atoms with van der Waals surface area (Å²) in [6, 6.07) is 0.477. The topological polar surface area (TPSA) is 81.1 Å². The Labute approximate surface area is 128 Å². The fraction of sp³-hybridized carbons (Fsp3) is 0.643. The normalized spacial score (nSPS) is 23.3. The zero-order chi connectivity index (χ0) is 14.7. The van der Waals surface area contributed by atoms with Gasteiger partial charge in [-0.2, -0.15) is 0 Å². The molecule has 1 aromatic rings. The average molecular weight is 313 g/mol. The van der Waals surface area contributed by atoms with E-state index in [2.05, 4.69) is 12.2 Å².